The van der Waals surface area contributed by atoms with Crippen molar-refractivity contribution in [1.29, 1.82) is 0 Å². The number of nitrogen functional groups attached to an aromatic ring is 1. The first-order valence-corrected chi connectivity index (χ1v) is 5.29. The van der Waals surface area contributed by atoms with Crippen LogP contribution in [0.3, 0.4) is 0 Å². The number of rotatable bonds is 2. The van der Waals surface area contributed by atoms with Crippen LogP contribution in [0.2, 0.25) is 0 Å². The summed E-state index contributed by atoms with van der Waals surface area (Å²) in [6.07, 6.45) is -2.75. The van der Waals surface area contributed by atoms with Crippen LogP contribution in [0.15, 0.2) is 17.4 Å². The van der Waals surface area contributed by atoms with Crippen molar-refractivity contribution in [2.45, 2.75) is 24.5 Å². The Balaban J connectivity index is 2.39. The minimum Gasteiger partial charge on any atom is -0.394 e. The molecule has 0 amide bonds. The number of hydrogen-bond donors (Lipinski definition) is 5. The van der Waals surface area contributed by atoms with Crippen LogP contribution in [0.4, 0.5) is 5.82 Å². The molecule has 0 aliphatic carbocycles. The van der Waals surface area contributed by atoms with Gasteiger partial charge < -0.3 is 31.6 Å². The third kappa shape index (κ3) is 2.04. The summed E-state index contributed by atoms with van der Waals surface area (Å²) >= 11 is 0. The van der Waals surface area contributed by atoms with Gasteiger partial charge in [-0.3, -0.25) is 4.57 Å². The highest BCUT2D eigenvalue weighted by atomic mass is 16.6. The van der Waals surface area contributed by atoms with E-state index in [1.807, 2.05) is 0 Å². The molecule has 0 saturated carbocycles. The number of aromatic nitrogens is 2. The largest absolute Gasteiger partial charge is 0.394 e. The van der Waals surface area contributed by atoms with Gasteiger partial charge in [0.05, 0.1) is 6.61 Å². The molecule has 2 rings (SSSR count). The smallest absolute Gasteiger partial charge is 0.250 e. The van der Waals surface area contributed by atoms with Gasteiger partial charge in [-0.1, -0.05) is 0 Å². The standard InChI is InChI=1S/C9H15N5O4/c10-5-1-2-14(9(12-5)13-11)8-7(17)6(16)4(3-15)18-8/h1-2,4,6-8,15-17H,3,11H2,(H2,10,12,13)/t4-,6-,7-,8-/m1/s1. The van der Waals surface area contributed by atoms with Gasteiger partial charge >= 0.3 is 0 Å². The molecule has 0 unspecified atom stereocenters. The zero-order valence-corrected chi connectivity index (χ0v) is 9.42. The molecule has 1 saturated heterocycles. The Morgan fingerprint density at radius 1 is 1.44 bits per heavy atom. The van der Waals surface area contributed by atoms with Crippen LogP contribution in [0.1, 0.15) is 6.23 Å². The third-order valence-corrected chi connectivity index (χ3v) is 2.77. The van der Waals surface area contributed by atoms with E-state index in [9.17, 15) is 10.2 Å². The summed E-state index contributed by atoms with van der Waals surface area (Å²) in [4.78, 5) is 3.86. The van der Waals surface area contributed by atoms with Gasteiger partial charge in [0, 0.05) is 6.20 Å². The maximum absolute atomic E-state index is 9.85. The van der Waals surface area contributed by atoms with E-state index in [1.165, 1.54) is 16.8 Å². The summed E-state index contributed by atoms with van der Waals surface area (Å²) in [5.74, 6) is 5.38. The molecular formula is C9H15N5O4. The molecule has 7 N–H and O–H groups in total. The molecule has 1 fully saturated rings. The van der Waals surface area contributed by atoms with Crippen LogP contribution < -0.4 is 17.2 Å². The van der Waals surface area contributed by atoms with E-state index in [1.54, 1.807) is 0 Å². The molecular weight excluding hydrogens is 242 g/mol. The normalized spacial score (nSPS) is 32.9. The molecule has 100 valence electrons. The molecule has 18 heavy (non-hydrogen) atoms. The van der Waals surface area contributed by atoms with Crippen molar-refractivity contribution >= 4 is 5.82 Å². The van der Waals surface area contributed by atoms with Crippen molar-refractivity contribution < 1.29 is 20.1 Å². The summed E-state index contributed by atoms with van der Waals surface area (Å²) in [7, 11) is 0. The molecule has 9 heteroatoms. The van der Waals surface area contributed by atoms with Crippen molar-refractivity contribution in [1.82, 2.24) is 9.55 Å². The van der Waals surface area contributed by atoms with Crippen LogP contribution in [0.5, 0.6) is 0 Å². The number of anilines is 1. The van der Waals surface area contributed by atoms with Gasteiger partial charge in [0.25, 0.3) is 0 Å². The van der Waals surface area contributed by atoms with Crippen LogP contribution in [0, 0.1) is 0 Å². The van der Waals surface area contributed by atoms with E-state index >= 15 is 0 Å². The summed E-state index contributed by atoms with van der Waals surface area (Å²) in [6, 6.07) is 1.48. The van der Waals surface area contributed by atoms with Gasteiger partial charge in [-0.25, -0.2) is 0 Å². The topological polar surface area (TPSA) is 152 Å². The van der Waals surface area contributed by atoms with Crippen LogP contribution in [0.25, 0.3) is 0 Å². The van der Waals surface area contributed by atoms with Crippen molar-refractivity contribution in [3.63, 3.8) is 0 Å². The first kappa shape index (κ1) is 12.8. The lowest BCUT2D eigenvalue weighted by Gasteiger charge is -2.18. The van der Waals surface area contributed by atoms with Crippen LogP contribution in [-0.2, 0) is 4.74 Å². The molecule has 9 nitrogen and oxygen atoms in total. The molecule has 0 aromatic carbocycles. The maximum atomic E-state index is 9.85. The van der Waals surface area contributed by atoms with Crippen molar-refractivity contribution in [3.8, 4) is 0 Å². The zero-order valence-electron chi connectivity index (χ0n) is 9.42. The zero-order chi connectivity index (χ0) is 13.3. The Labute approximate surface area is 102 Å². The van der Waals surface area contributed by atoms with Gasteiger partial charge in [-0.15, -0.1) is 5.10 Å². The molecule has 1 aromatic rings. The molecule has 4 atom stereocenters. The fraction of sp³-hybridized carbons (Fsp3) is 0.556. The average molecular weight is 257 g/mol. The second kappa shape index (κ2) is 4.90. The predicted octanol–water partition coefficient (Wildman–Crippen LogP) is -3.15. The minimum absolute atomic E-state index is 0.0461. The van der Waals surface area contributed by atoms with Crippen molar-refractivity contribution in [2.24, 2.45) is 10.9 Å². The van der Waals surface area contributed by atoms with Gasteiger partial charge in [0.15, 0.2) is 6.23 Å². The molecule has 2 heterocycles. The van der Waals surface area contributed by atoms with E-state index < -0.39 is 31.1 Å². The fourth-order valence-electron chi connectivity index (χ4n) is 1.84. The summed E-state index contributed by atoms with van der Waals surface area (Å²) < 4.78 is 6.65. The van der Waals surface area contributed by atoms with Crippen molar-refractivity contribution in [2.75, 3.05) is 12.3 Å². The molecule has 0 radical (unpaired) electrons. The second-order valence-corrected chi connectivity index (χ2v) is 3.92. The number of aliphatic hydroxyl groups is 3. The van der Waals surface area contributed by atoms with E-state index in [4.69, 9.17) is 21.4 Å². The van der Waals surface area contributed by atoms with E-state index in [-0.39, 0.29) is 11.4 Å². The minimum atomic E-state index is -1.22. The molecule has 1 aliphatic rings. The molecule has 0 spiro atoms. The summed E-state index contributed by atoms with van der Waals surface area (Å²) in [6.45, 7) is -0.410. The summed E-state index contributed by atoms with van der Waals surface area (Å²) in [5, 5.41) is 31.9. The average Bonchev–Trinajstić information content (AvgIpc) is 2.66. The Hall–Kier alpha value is -1.68. The number of hydrogen-bond acceptors (Lipinski definition) is 8. The lowest BCUT2D eigenvalue weighted by Crippen LogP contribution is -2.37. The number of nitrogens with zero attached hydrogens (tertiary/aromatic N) is 3. The maximum Gasteiger partial charge on any atom is 0.250 e. The van der Waals surface area contributed by atoms with Gasteiger partial charge in [-0.2, -0.15) is 4.98 Å². The van der Waals surface area contributed by atoms with Gasteiger partial charge in [0.1, 0.15) is 24.1 Å². The van der Waals surface area contributed by atoms with Gasteiger partial charge in [-0.05, 0) is 6.07 Å². The molecule has 1 aromatic heterocycles. The summed E-state index contributed by atoms with van der Waals surface area (Å²) in [5.41, 5.74) is 5.53. The first-order chi connectivity index (χ1) is 8.58. The van der Waals surface area contributed by atoms with Gasteiger partial charge in [0.2, 0.25) is 5.62 Å². The van der Waals surface area contributed by atoms with Crippen molar-refractivity contribution in [3.05, 3.63) is 17.9 Å². The SMILES string of the molecule is NN=c1nc(N)ccn1[C@@H]1O[C@H](CO)[C@@H](O)[C@H]1O. The third-order valence-electron chi connectivity index (χ3n) is 2.77. The lowest BCUT2D eigenvalue weighted by molar-refractivity contribution is -0.0553. The van der Waals surface area contributed by atoms with E-state index in [2.05, 4.69) is 10.1 Å². The Morgan fingerprint density at radius 3 is 2.72 bits per heavy atom. The number of aliphatic hydroxyl groups excluding tert-OH is 3. The highest BCUT2D eigenvalue weighted by molar-refractivity contribution is 5.23. The molecule has 1 aliphatic heterocycles. The second-order valence-electron chi connectivity index (χ2n) is 3.92. The number of ether oxygens (including phenoxy) is 1. The fourth-order valence-corrected chi connectivity index (χ4v) is 1.84. The predicted molar refractivity (Wildman–Crippen MR) is 59.4 cm³/mol. The Kier molecular flexibility index (Phi) is 3.48. The number of nitrogens with two attached hydrogens (primary N) is 2. The van der Waals surface area contributed by atoms with Crippen LogP contribution in [-0.4, -0.2) is 49.8 Å². The Bertz CT molecular complexity index is 490. The quantitative estimate of drug-likeness (QED) is 0.277. The van der Waals surface area contributed by atoms with Crippen LogP contribution >= 0.6 is 0 Å². The highest BCUT2D eigenvalue weighted by Crippen LogP contribution is 2.27. The lowest BCUT2D eigenvalue weighted by atomic mass is 10.1. The first-order valence-electron chi connectivity index (χ1n) is 5.29. The van der Waals surface area contributed by atoms with E-state index in [0.717, 1.165) is 0 Å². The highest BCUT2D eigenvalue weighted by Gasteiger charge is 2.43. The monoisotopic (exact) mass is 257 g/mol. The van der Waals surface area contributed by atoms with E-state index in [0.29, 0.717) is 0 Å². The Morgan fingerprint density at radius 2 is 2.17 bits per heavy atom. The molecule has 0 bridgehead atoms.